The van der Waals surface area contributed by atoms with Crippen molar-refractivity contribution in [3.63, 3.8) is 0 Å². The first-order chi connectivity index (χ1) is 7.66. The number of carbonyl (C=O) groups excluding carboxylic acids is 1. The fourth-order valence-corrected chi connectivity index (χ4v) is 2.13. The zero-order chi connectivity index (χ0) is 12.0. The maximum Gasteiger partial charge on any atom is 0.244 e. The Labute approximate surface area is 96.1 Å². The maximum atomic E-state index is 11.3. The van der Waals surface area contributed by atoms with Gasteiger partial charge in [0.05, 0.1) is 6.10 Å². The van der Waals surface area contributed by atoms with Crippen LogP contribution in [-0.2, 0) is 4.79 Å². The molecule has 1 aliphatic rings. The van der Waals surface area contributed by atoms with E-state index in [4.69, 9.17) is 10.8 Å². The summed E-state index contributed by atoms with van der Waals surface area (Å²) in [6.45, 7) is -0.198. The fourth-order valence-electron chi connectivity index (χ4n) is 2.13. The van der Waals surface area contributed by atoms with E-state index >= 15 is 0 Å². The lowest BCUT2D eigenvalue weighted by molar-refractivity contribution is -0.114. The van der Waals surface area contributed by atoms with Crippen molar-refractivity contribution in [1.29, 1.82) is 0 Å². The number of amides is 1. The summed E-state index contributed by atoms with van der Waals surface area (Å²) in [5.74, 6) is -0.442. The first-order valence-corrected chi connectivity index (χ1v) is 5.80. The average molecular weight is 226 g/mol. The van der Waals surface area contributed by atoms with Crippen molar-refractivity contribution < 1.29 is 15.0 Å². The molecule has 16 heavy (non-hydrogen) atoms. The van der Waals surface area contributed by atoms with Crippen LogP contribution in [0.1, 0.15) is 38.5 Å². The van der Waals surface area contributed by atoms with E-state index in [1.807, 2.05) is 0 Å². The molecule has 0 aromatic rings. The van der Waals surface area contributed by atoms with E-state index in [1.165, 1.54) is 6.42 Å². The zero-order valence-corrected chi connectivity index (χ0v) is 9.48. The minimum Gasteiger partial charge on any atom is -0.396 e. The van der Waals surface area contributed by atoms with Crippen LogP contribution < -0.4 is 5.73 Å². The number of primary amides is 1. The van der Waals surface area contributed by atoms with Crippen molar-refractivity contribution in [2.24, 2.45) is 5.73 Å². The number of carbonyl (C=O) groups is 1. The maximum absolute atomic E-state index is 11.3. The summed E-state index contributed by atoms with van der Waals surface area (Å²) in [6, 6.07) is 0. The Morgan fingerprint density at radius 3 is 2.50 bits per heavy atom. The van der Waals surface area contributed by atoms with Crippen molar-refractivity contribution in [3.05, 3.63) is 17.6 Å². The van der Waals surface area contributed by atoms with Gasteiger partial charge in [0.15, 0.2) is 0 Å². The van der Waals surface area contributed by atoms with Gasteiger partial charge in [-0.1, -0.05) is 12.8 Å². The predicted octanol–water partition coefficient (Wildman–Crippen LogP) is 0.680. The highest BCUT2D eigenvalue weighted by Gasteiger charge is 2.20. The van der Waals surface area contributed by atoms with Crippen molar-refractivity contribution in [1.82, 2.24) is 0 Å². The molecule has 0 saturated carbocycles. The molecule has 91 valence electrons. The van der Waals surface area contributed by atoms with E-state index in [9.17, 15) is 9.90 Å². The molecule has 0 spiro atoms. The standard InChI is InChI=1S/C12H20NO3/c13-12(16)10-6-4-2-1-3-5-9(10)11(15)7-8-14/h7,11,14-15H,1-6,8H2,(H2,13,16)/b10-9+/t11-/m1/s1. The summed E-state index contributed by atoms with van der Waals surface area (Å²) in [5.41, 5.74) is 6.58. The van der Waals surface area contributed by atoms with E-state index in [0.29, 0.717) is 24.0 Å². The third kappa shape index (κ3) is 3.61. The molecule has 0 aromatic heterocycles. The molecule has 4 N–H and O–H groups in total. The summed E-state index contributed by atoms with van der Waals surface area (Å²) in [5, 5.41) is 18.6. The van der Waals surface area contributed by atoms with Gasteiger partial charge in [-0.3, -0.25) is 4.79 Å². The Balaban J connectivity index is 2.89. The Kier molecular flexibility index (Phi) is 5.49. The molecule has 0 aromatic carbocycles. The number of aliphatic hydroxyl groups excluding tert-OH is 2. The molecule has 1 rings (SSSR count). The molecule has 0 unspecified atom stereocenters. The van der Waals surface area contributed by atoms with Crippen molar-refractivity contribution in [2.45, 2.75) is 44.6 Å². The smallest absolute Gasteiger partial charge is 0.244 e. The van der Waals surface area contributed by atoms with E-state index in [0.717, 1.165) is 25.7 Å². The van der Waals surface area contributed by atoms with Gasteiger partial charge in [0.25, 0.3) is 0 Å². The first-order valence-electron chi connectivity index (χ1n) is 5.80. The lowest BCUT2D eigenvalue weighted by atomic mass is 9.89. The van der Waals surface area contributed by atoms with Crippen LogP contribution in [0.2, 0.25) is 0 Å². The molecule has 4 heteroatoms. The summed E-state index contributed by atoms with van der Waals surface area (Å²) in [7, 11) is 0. The van der Waals surface area contributed by atoms with Gasteiger partial charge in [0.2, 0.25) is 5.91 Å². The van der Waals surface area contributed by atoms with Crippen LogP contribution in [0.15, 0.2) is 11.1 Å². The third-order valence-electron chi connectivity index (χ3n) is 2.99. The second-order valence-electron chi connectivity index (χ2n) is 4.15. The molecule has 0 fully saturated rings. The van der Waals surface area contributed by atoms with Crippen LogP contribution in [-0.4, -0.2) is 28.8 Å². The number of aliphatic hydroxyl groups is 2. The molecule has 1 atom stereocenters. The van der Waals surface area contributed by atoms with Crippen LogP contribution in [0.25, 0.3) is 0 Å². The van der Waals surface area contributed by atoms with Crippen LogP contribution in [0.4, 0.5) is 0 Å². The Hall–Kier alpha value is -0.870. The molecule has 4 nitrogen and oxygen atoms in total. The van der Waals surface area contributed by atoms with Gasteiger partial charge < -0.3 is 15.9 Å². The van der Waals surface area contributed by atoms with Crippen molar-refractivity contribution >= 4 is 5.91 Å². The van der Waals surface area contributed by atoms with Gasteiger partial charge in [-0.05, 0) is 31.3 Å². The Morgan fingerprint density at radius 2 is 1.94 bits per heavy atom. The quantitative estimate of drug-likeness (QED) is 0.659. The lowest BCUT2D eigenvalue weighted by Crippen LogP contribution is -2.23. The first kappa shape index (κ1) is 13.2. The minimum absolute atomic E-state index is 0.198. The average Bonchev–Trinajstić information content (AvgIpc) is 2.16. The number of hydrogen-bond donors (Lipinski definition) is 3. The summed E-state index contributed by atoms with van der Waals surface area (Å²) in [4.78, 5) is 11.3. The van der Waals surface area contributed by atoms with Crippen LogP contribution in [0, 0.1) is 6.42 Å². The lowest BCUT2D eigenvalue weighted by Gasteiger charge is -2.20. The van der Waals surface area contributed by atoms with E-state index in [1.54, 1.807) is 0 Å². The topological polar surface area (TPSA) is 83.6 Å². The second kappa shape index (κ2) is 6.66. The highest BCUT2D eigenvalue weighted by molar-refractivity contribution is 5.93. The zero-order valence-electron chi connectivity index (χ0n) is 9.48. The highest BCUT2D eigenvalue weighted by atomic mass is 16.3. The predicted molar refractivity (Wildman–Crippen MR) is 61.3 cm³/mol. The molecular weight excluding hydrogens is 206 g/mol. The molecule has 0 heterocycles. The Bertz CT molecular complexity index is 273. The second-order valence-corrected chi connectivity index (χ2v) is 4.15. The van der Waals surface area contributed by atoms with Gasteiger partial charge >= 0.3 is 0 Å². The molecule has 0 aliphatic heterocycles. The third-order valence-corrected chi connectivity index (χ3v) is 2.99. The molecule has 1 aliphatic carbocycles. The van der Waals surface area contributed by atoms with Gasteiger partial charge in [-0.2, -0.15) is 0 Å². The molecular formula is C12H20NO3. The van der Waals surface area contributed by atoms with Crippen LogP contribution >= 0.6 is 0 Å². The van der Waals surface area contributed by atoms with E-state index in [-0.39, 0.29) is 6.61 Å². The SMILES string of the molecule is NC(=O)/C1=C(/[C@H](O)[CH]CO)CCCCCC1. The fraction of sp³-hybridized carbons (Fsp3) is 0.667. The molecule has 1 amide bonds. The number of nitrogens with two attached hydrogens (primary N) is 1. The Morgan fingerprint density at radius 1 is 1.31 bits per heavy atom. The number of hydrogen-bond acceptors (Lipinski definition) is 3. The molecule has 0 saturated heterocycles. The molecule has 0 bridgehead atoms. The molecule has 1 radical (unpaired) electrons. The van der Waals surface area contributed by atoms with Gasteiger partial charge in [0.1, 0.15) is 0 Å². The number of rotatable bonds is 4. The van der Waals surface area contributed by atoms with Crippen molar-refractivity contribution in [3.8, 4) is 0 Å². The van der Waals surface area contributed by atoms with Crippen LogP contribution in [0.5, 0.6) is 0 Å². The summed E-state index contributed by atoms with van der Waals surface area (Å²) < 4.78 is 0. The van der Waals surface area contributed by atoms with Gasteiger partial charge in [-0.15, -0.1) is 0 Å². The minimum atomic E-state index is -0.842. The largest absolute Gasteiger partial charge is 0.396 e. The van der Waals surface area contributed by atoms with E-state index in [2.05, 4.69) is 0 Å². The highest BCUT2D eigenvalue weighted by Crippen LogP contribution is 2.26. The monoisotopic (exact) mass is 226 g/mol. The van der Waals surface area contributed by atoms with E-state index < -0.39 is 12.0 Å². The summed E-state index contributed by atoms with van der Waals surface area (Å²) >= 11 is 0. The van der Waals surface area contributed by atoms with Gasteiger partial charge in [-0.25, -0.2) is 0 Å². The summed E-state index contributed by atoms with van der Waals surface area (Å²) in [6.07, 6.45) is 5.99. The van der Waals surface area contributed by atoms with Crippen molar-refractivity contribution in [2.75, 3.05) is 6.61 Å². The van der Waals surface area contributed by atoms with Crippen LogP contribution in [0.3, 0.4) is 0 Å². The normalized spacial score (nSPS) is 24.6. The van der Waals surface area contributed by atoms with Gasteiger partial charge in [0, 0.05) is 18.6 Å².